The van der Waals surface area contributed by atoms with Crippen molar-refractivity contribution in [2.24, 2.45) is 0 Å². The van der Waals surface area contributed by atoms with Crippen LogP contribution in [0.4, 0.5) is 32.2 Å². The van der Waals surface area contributed by atoms with Crippen LogP contribution in [-0.4, -0.2) is 84.9 Å². The number of carbonyl (C=O) groups excluding carboxylic acids is 2. The van der Waals surface area contributed by atoms with E-state index in [-0.39, 0.29) is 43.1 Å². The normalized spacial score (nSPS) is 15.9. The topological polar surface area (TPSA) is 156 Å². The highest BCUT2D eigenvalue weighted by Gasteiger charge is 2.41. The molecular formula is C29H25F6N7O6S. The van der Waals surface area contributed by atoms with E-state index in [0.29, 0.717) is 11.1 Å². The molecule has 0 unspecified atom stereocenters. The second-order valence-electron chi connectivity index (χ2n) is 10.4. The number of rotatable bonds is 9. The monoisotopic (exact) mass is 713 g/mol. The van der Waals surface area contributed by atoms with Crippen LogP contribution in [0, 0.1) is 0 Å². The fourth-order valence-corrected chi connectivity index (χ4v) is 6.49. The van der Waals surface area contributed by atoms with Crippen molar-refractivity contribution in [2.45, 2.75) is 30.2 Å². The first kappa shape index (κ1) is 35.1. The van der Waals surface area contributed by atoms with Crippen molar-refractivity contribution in [1.29, 1.82) is 0 Å². The lowest BCUT2D eigenvalue weighted by Gasteiger charge is -2.40. The Morgan fingerprint density at radius 3 is 2.10 bits per heavy atom. The second-order valence-corrected chi connectivity index (χ2v) is 12.3. The van der Waals surface area contributed by atoms with E-state index in [4.69, 9.17) is 0 Å². The van der Waals surface area contributed by atoms with E-state index in [1.807, 2.05) is 0 Å². The molecule has 0 saturated carbocycles. The van der Waals surface area contributed by atoms with Gasteiger partial charge < -0.3 is 25.0 Å². The summed E-state index contributed by atoms with van der Waals surface area (Å²) < 4.78 is 112. The Morgan fingerprint density at radius 2 is 1.51 bits per heavy atom. The van der Waals surface area contributed by atoms with E-state index < -0.39 is 57.0 Å². The van der Waals surface area contributed by atoms with Gasteiger partial charge in [0, 0.05) is 39.4 Å². The number of piperazine rings is 1. The fraction of sp³-hybridized carbons (Fsp3) is 0.276. The van der Waals surface area contributed by atoms with E-state index in [9.17, 15) is 44.3 Å². The molecule has 0 aliphatic carbocycles. The number of carbonyl (C=O) groups is 2. The first-order chi connectivity index (χ1) is 23.0. The molecule has 0 spiro atoms. The first-order valence-electron chi connectivity index (χ1n) is 14.1. The number of hydrogen-bond acceptors (Lipinski definition) is 10. The number of amides is 2. The van der Waals surface area contributed by atoms with Crippen molar-refractivity contribution in [1.82, 2.24) is 29.9 Å². The lowest BCUT2D eigenvalue weighted by molar-refractivity contribution is -0.275. The molecule has 2 aromatic heterocycles. The van der Waals surface area contributed by atoms with E-state index in [1.54, 1.807) is 4.90 Å². The summed E-state index contributed by atoms with van der Waals surface area (Å²) in [6.45, 7) is -0.793. The maximum atomic E-state index is 13.8. The van der Waals surface area contributed by atoms with Gasteiger partial charge in [0.05, 0.1) is 22.9 Å². The predicted octanol–water partition coefficient (Wildman–Crippen LogP) is 3.38. The first-order valence-corrected chi connectivity index (χ1v) is 15.6. The smallest absolute Gasteiger partial charge is 0.406 e. The Morgan fingerprint density at radius 1 is 0.898 bits per heavy atom. The summed E-state index contributed by atoms with van der Waals surface area (Å²) in [5, 5.41) is 5.06. The number of hydrogen-bond donors (Lipinski definition) is 2. The lowest BCUT2D eigenvalue weighted by Crippen LogP contribution is -2.60. The molecule has 3 heterocycles. The molecule has 4 aromatic rings. The highest BCUT2D eigenvalue weighted by molar-refractivity contribution is 7.89. The number of nitrogens with zero attached hydrogens (tertiary/aromatic N) is 5. The van der Waals surface area contributed by atoms with Gasteiger partial charge in [0.25, 0.3) is 5.91 Å². The SMILES string of the molecule is CNC(=O)c1cncc2ncc(N3CCN(S(=O)(=O)c4ccc(OC(F)(F)F)cc4)[C@@H](C(=O)NCc4ccc(OC(F)(F)F)cc4)C3)nc12. The molecule has 2 amide bonds. The molecule has 5 rings (SSSR count). The van der Waals surface area contributed by atoms with Crippen LogP contribution in [0.25, 0.3) is 11.0 Å². The summed E-state index contributed by atoms with van der Waals surface area (Å²) in [7, 11) is -3.08. The Hall–Kier alpha value is -5.24. The van der Waals surface area contributed by atoms with Crippen LogP contribution in [0.2, 0.25) is 0 Å². The van der Waals surface area contributed by atoms with Gasteiger partial charge in [0.2, 0.25) is 15.9 Å². The summed E-state index contributed by atoms with van der Waals surface area (Å²) in [4.78, 5) is 40.0. The molecule has 1 saturated heterocycles. The van der Waals surface area contributed by atoms with E-state index in [2.05, 4.69) is 35.1 Å². The molecule has 20 heteroatoms. The number of sulfonamides is 1. The van der Waals surface area contributed by atoms with E-state index >= 15 is 0 Å². The number of nitrogens with one attached hydrogen (secondary N) is 2. The second kappa shape index (κ2) is 13.7. The minimum Gasteiger partial charge on any atom is -0.406 e. The van der Waals surface area contributed by atoms with Gasteiger partial charge in [-0.2, -0.15) is 4.31 Å². The van der Waals surface area contributed by atoms with Gasteiger partial charge in [-0.15, -0.1) is 26.3 Å². The minimum atomic E-state index is -5.01. The third-order valence-electron chi connectivity index (χ3n) is 7.16. The molecule has 2 aromatic carbocycles. The van der Waals surface area contributed by atoms with Gasteiger partial charge in [-0.05, 0) is 42.0 Å². The van der Waals surface area contributed by atoms with Crippen LogP contribution in [0.3, 0.4) is 0 Å². The molecule has 0 bridgehead atoms. The highest BCUT2D eigenvalue weighted by Crippen LogP contribution is 2.29. The fourth-order valence-electron chi connectivity index (χ4n) is 4.92. The summed E-state index contributed by atoms with van der Waals surface area (Å²) in [6.07, 6.45) is -5.85. The van der Waals surface area contributed by atoms with Gasteiger partial charge in [0.15, 0.2) is 0 Å². The molecule has 13 nitrogen and oxygen atoms in total. The highest BCUT2D eigenvalue weighted by atomic mass is 32.2. The van der Waals surface area contributed by atoms with E-state index in [0.717, 1.165) is 40.7 Å². The van der Waals surface area contributed by atoms with Crippen molar-refractivity contribution in [2.75, 3.05) is 31.6 Å². The Bertz CT molecular complexity index is 1940. The van der Waals surface area contributed by atoms with Crippen LogP contribution in [0.5, 0.6) is 11.5 Å². The summed E-state index contributed by atoms with van der Waals surface area (Å²) in [6, 6.07) is 6.65. The average molecular weight is 714 g/mol. The molecule has 1 aliphatic rings. The molecular weight excluding hydrogens is 688 g/mol. The molecule has 260 valence electrons. The van der Waals surface area contributed by atoms with Gasteiger partial charge in [-0.25, -0.2) is 18.4 Å². The number of fused-ring (bicyclic) bond motifs is 1. The van der Waals surface area contributed by atoms with Gasteiger partial charge in [-0.1, -0.05) is 12.1 Å². The number of ether oxygens (including phenoxy) is 2. The average Bonchev–Trinajstić information content (AvgIpc) is 3.05. The standard InChI is InChI=1S/C29H25F6N7O6S/c1-36-26(43)21-13-37-14-22-25(21)40-24(15-38-22)41-10-11-42(49(45,46)20-8-6-19(7-9-20)48-29(33,34)35)23(16-41)27(44)39-12-17-2-4-18(5-3-17)47-28(30,31)32/h2-9,13-15,23H,10-12,16H2,1H3,(H,36,43)(H,39,44)/t23-/m1/s1. The minimum absolute atomic E-state index is 0.0144. The van der Waals surface area contributed by atoms with Crippen molar-refractivity contribution in [3.05, 3.63) is 78.2 Å². The van der Waals surface area contributed by atoms with Crippen molar-refractivity contribution in [3.63, 3.8) is 0 Å². The van der Waals surface area contributed by atoms with Gasteiger partial charge in [-0.3, -0.25) is 14.6 Å². The van der Waals surface area contributed by atoms with Gasteiger partial charge in [0.1, 0.15) is 34.4 Å². The Balaban J connectivity index is 1.43. The number of halogens is 6. The number of alkyl halides is 6. The molecule has 1 fully saturated rings. The predicted molar refractivity (Wildman–Crippen MR) is 159 cm³/mol. The number of benzene rings is 2. The van der Waals surface area contributed by atoms with Crippen LogP contribution in [0.1, 0.15) is 15.9 Å². The lowest BCUT2D eigenvalue weighted by atomic mass is 10.1. The number of pyridine rings is 1. The van der Waals surface area contributed by atoms with Crippen molar-refractivity contribution < 1.29 is 53.8 Å². The van der Waals surface area contributed by atoms with Crippen molar-refractivity contribution >= 4 is 38.7 Å². The molecule has 1 atom stereocenters. The zero-order valence-electron chi connectivity index (χ0n) is 25.1. The molecule has 1 aliphatic heterocycles. The maximum absolute atomic E-state index is 13.8. The van der Waals surface area contributed by atoms with Crippen LogP contribution >= 0.6 is 0 Å². The maximum Gasteiger partial charge on any atom is 0.573 e. The Labute approximate surface area is 273 Å². The van der Waals surface area contributed by atoms with Crippen molar-refractivity contribution in [3.8, 4) is 11.5 Å². The van der Waals surface area contributed by atoms with E-state index in [1.165, 1.54) is 37.8 Å². The van der Waals surface area contributed by atoms with Gasteiger partial charge >= 0.3 is 12.7 Å². The number of anilines is 1. The molecule has 2 N–H and O–H groups in total. The summed E-state index contributed by atoms with van der Waals surface area (Å²) in [5.74, 6) is -2.22. The summed E-state index contributed by atoms with van der Waals surface area (Å²) in [5.41, 5.74) is 0.974. The Kier molecular flexibility index (Phi) is 9.81. The molecule has 0 radical (unpaired) electrons. The largest absolute Gasteiger partial charge is 0.573 e. The quantitative estimate of drug-likeness (QED) is 0.247. The third kappa shape index (κ3) is 8.44. The van der Waals surface area contributed by atoms with Crippen LogP contribution in [0.15, 0.2) is 72.0 Å². The molecule has 49 heavy (non-hydrogen) atoms. The van der Waals surface area contributed by atoms with Crippen LogP contribution in [-0.2, 0) is 21.4 Å². The van der Waals surface area contributed by atoms with Crippen LogP contribution < -0.4 is 25.0 Å². The zero-order valence-corrected chi connectivity index (χ0v) is 25.9. The zero-order chi connectivity index (χ0) is 35.6. The number of aromatic nitrogens is 3. The summed E-state index contributed by atoms with van der Waals surface area (Å²) >= 11 is 0. The third-order valence-corrected chi connectivity index (χ3v) is 9.08.